The first kappa shape index (κ1) is 13.2. The summed E-state index contributed by atoms with van der Waals surface area (Å²) in [6.45, 7) is 6.03. The average Bonchev–Trinajstić information content (AvgIpc) is 2.73. The summed E-state index contributed by atoms with van der Waals surface area (Å²) < 4.78 is 1.65. The molecule has 0 atom stereocenters. The first-order chi connectivity index (χ1) is 8.20. The molecule has 4 heteroatoms. The molecule has 1 aromatic carbocycles. The number of fused-ring (bicyclic) bond motifs is 1. The van der Waals surface area contributed by atoms with Crippen molar-refractivity contribution in [1.29, 1.82) is 0 Å². The molecule has 1 N–H and O–H groups in total. The third-order valence-electron chi connectivity index (χ3n) is 2.40. The maximum absolute atomic E-state index is 10.6. The topological polar surface area (TPSA) is 55.1 Å². The molecule has 0 aliphatic heterocycles. The minimum Gasteiger partial charge on any atom is -0.480 e. The minimum absolute atomic E-state index is 0.0380. The van der Waals surface area contributed by atoms with Crippen molar-refractivity contribution < 1.29 is 9.90 Å². The molecule has 0 radical (unpaired) electrons. The number of aliphatic carboxylic acids is 1. The standard InChI is InChI=1S/C11H12N2O2.C2H6/c1-2-8-3-4-9-10(5-8)13(7-12-9)6-11(14)15;1-2/h3-5,7H,2,6H2,1H3,(H,14,15);1-2H3. The highest BCUT2D eigenvalue weighted by Gasteiger charge is 2.05. The van der Waals surface area contributed by atoms with Crippen molar-refractivity contribution in [2.75, 3.05) is 0 Å². The van der Waals surface area contributed by atoms with Crippen LogP contribution in [0.5, 0.6) is 0 Å². The molecular formula is C13H18N2O2. The Hall–Kier alpha value is -1.84. The van der Waals surface area contributed by atoms with E-state index in [1.165, 1.54) is 5.56 Å². The number of carbonyl (C=O) groups is 1. The van der Waals surface area contributed by atoms with Crippen molar-refractivity contribution in [2.24, 2.45) is 0 Å². The van der Waals surface area contributed by atoms with E-state index in [0.717, 1.165) is 17.5 Å². The van der Waals surface area contributed by atoms with Crippen LogP contribution in [0.3, 0.4) is 0 Å². The molecule has 4 nitrogen and oxygen atoms in total. The smallest absolute Gasteiger partial charge is 0.323 e. The third kappa shape index (κ3) is 3.06. The van der Waals surface area contributed by atoms with E-state index in [1.54, 1.807) is 10.9 Å². The fourth-order valence-corrected chi connectivity index (χ4v) is 1.59. The highest BCUT2D eigenvalue weighted by atomic mass is 16.4. The minimum atomic E-state index is -0.851. The van der Waals surface area contributed by atoms with Crippen LogP contribution in [0.1, 0.15) is 26.3 Å². The van der Waals surface area contributed by atoms with Crippen LogP contribution in [-0.2, 0) is 17.8 Å². The molecule has 2 aromatic rings. The molecule has 0 saturated heterocycles. The fourth-order valence-electron chi connectivity index (χ4n) is 1.59. The summed E-state index contributed by atoms with van der Waals surface area (Å²) in [5.41, 5.74) is 2.92. The van der Waals surface area contributed by atoms with Crippen molar-refractivity contribution in [3.63, 3.8) is 0 Å². The van der Waals surface area contributed by atoms with Crippen LogP contribution in [-0.4, -0.2) is 20.6 Å². The van der Waals surface area contributed by atoms with Crippen LogP contribution < -0.4 is 0 Å². The number of carboxylic acid groups (broad SMARTS) is 1. The highest BCUT2D eigenvalue weighted by molar-refractivity contribution is 5.78. The van der Waals surface area contributed by atoms with Crippen LogP contribution in [0.4, 0.5) is 0 Å². The van der Waals surface area contributed by atoms with Crippen molar-refractivity contribution in [1.82, 2.24) is 9.55 Å². The van der Waals surface area contributed by atoms with Crippen molar-refractivity contribution in [3.05, 3.63) is 30.1 Å². The largest absolute Gasteiger partial charge is 0.480 e. The molecule has 92 valence electrons. The summed E-state index contributed by atoms with van der Waals surface area (Å²) in [4.78, 5) is 14.8. The second kappa shape index (κ2) is 6.03. The summed E-state index contributed by atoms with van der Waals surface area (Å²) in [5, 5.41) is 8.72. The first-order valence-electron chi connectivity index (χ1n) is 5.86. The second-order valence-electron chi connectivity index (χ2n) is 3.44. The summed E-state index contributed by atoms with van der Waals surface area (Å²) in [7, 11) is 0. The van der Waals surface area contributed by atoms with E-state index in [9.17, 15) is 4.79 Å². The van der Waals surface area contributed by atoms with Gasteiger partial charge in [-0.15, -0.1) is 0 Å². The number of aromatic nitrogens is 2. The lowest BCUT2D eigenvalue weighted by Crippen LogP contribution is -2.07. The molecule has 17 heavy (non-hydrogen) atoms. The number of rotatable bonds is 3. The van der Waals surface area contributed by atoms with Gasteiger partial charge in [-0.1, -0.05) is 26.8 Å². The highest BCUT2D eigenvalue weighted by Crippen LogP contribution is 2.15. The van der Waals surface area contributed by atoms with Crippen LogP contribution >= 0.6 is 0 Å². The van der Waals surface area contributed by atoms with Gasteiger partial charge < -0.3 is 9.67 Å². The average molecular weight is 234 g/mol. The molecule has 0 amide bonds. The van der Waals surface area contributed by atoms with Gasteiger partial charge in [0.2, 0.25) is 0 Å². The Morgan fingerprint density at radius 3 is 2.71 bits per heavy atom. The SMILES string of the molecule is CC.CCc1ccc2ncn(CC(=O)O)c2c1. The van der Waals surface area contributed by atoms with Gasteiger partial charge >= 0.3 is 5.97 Å². The predicted octanol–water partition coefficient (Wildman–Crippen LogP) is 2.71. The number of hydrogen-bond donors (Lipinski definition) is 1. The maximum atomic E-state index is 10.6. The maximum Gasteiger partial charge on any atom is 0.323 e. The van der Waals surface area contributed by atoms with Crippen molar-refractivity contribution >= 4 is 17.0 Å². The Balaban J connectivity index is 0.000000686. The molecular weight excluding hydrogens is 216 g/mol. The van der Waals surface area contributed by atoms with E-state index in [0.29, 0.717) is 0 Å². The Kier molecular flexibility index (Phi) is 4.69. The summed E-state index contributed by atoms with van der Waals surface area (Å²) in [5.74, 6) is -0.851. The van der Waals surface area contributed by atoms with Crippen LogP contribution in [0.15, 0.2) is 24.5 Å². The lowest BCUT2D eigenvalue weighted by molar-refractivity contribution is -0.137. The van der Waals surface area contributed by atoms with E-state index in [4.69, 9.17) is 5.11 Å². The van der Waals surface area contributed by atoms with Gasteiger partial charge in [0.1, 0.15) is 6.54 Å². The number of carboxylic acids is 1. The van der Waals surface area contributed by atoms with Gasteiger partial charge in [-0.2, -0.15) is 0 Å². The van der Waals surface area contributed by atoms with Gasteiger partial charge in [-0.3, -0.25) is 4.79 Å². The number of nitrogens with zero attached hydrogens (tertiary/aromatic N) is 2. The Labute approximate surface area is 101 Å². The monoisotopic (exact) mass is 234 g/mol. The summed E-state index contributed by atoms with van der Waals surface area (Å²) >= 11 is 0. The second-order valence-corrected chi connectivity index (χ2v) is 3.44. The molecule has 0 unspecified atom stereocenters. The number of aryl methyl sites for hydroxylation is 1. The molecule has 0 saturated carbocycles. The van der Waals surface area contributed by atoms with Crippen LogP contribution in [0.25, 0.3) is 11.0 Å². The Bertz CT molecular complexity index is 503. The number of imidazole rings is 1. The Morgan fingerprint density at radius 2 is 2.12 bits per heavy atom. The summed E-state index contributed by atoms with van der Waals surface area (Å²) in [6, 6.07) is 5.93. The molecule has 0 aliphatic carbocycles. The lowest BCUT2D eigenvalue weighted by Gasteiger charge is -2.01. The zero-order chi connectivity index (χ0) is 12.8. The molecule has 1 heterocycles. The van der Waals surface area contributed by atoms with Gasteiger partial charge in [-0.05, 0) is 24.1 Å². The van der Waals surface area contributed by atoms with Gasteiger partial charge in [0.05, 0.1) is 17.4 Å². The number of hydrogen-bond acceptors (Lipinski definition) is 2. The zero-order valence-electron chi connectivity index (χ0n) is 10.5. The van der Waals surface area contributed by atoms with Crippen LogP contribution in [0.2, 0.25) is 0 Å². The van der Waals surface area contributed by atoms with Gasteiger partial charge in [0, 0.05) is 0 Å². The van der Waals surface area contributed by atoms with E-state index in [2.05, 4.69) is 11.9 Å². The molecule has 0 spiro atoms. The van der Waals surface area contributed by atoms with Gasteiger partial charge in [0.25, 0.3) is 0 Å². The fraction of sp³-hybridized carbons (Fsp3) is 0.385. The molecule has 2 rings (SSSR count). The zero-order valence-corrected chi connectivity index (χ0v) is 10.5. The van der Waals surface area contributed by atoms with E-state index in [-0.39, 0.29) is 6.54 Å². The molecule has 0 bridgehead atoms. The number of benzene rings is 1. The quantitative estimate of drug-likeness (QED) is 0.888. The molecule has 1 aromatic heterocycles. The van der Waals surface area contributed by atoms with Gasteiger partial charge in [-0.25, -0.2) is 4.98 Å². The predicted molar refractivity (Wildman–Crippen MR) is 68.1 cm³/mol. The van der Waals surface area contributed by atoms with E-state index in [1.807, 2.05) is 32.0 Å². The normalized spacial score (nSPS) is 9.82. The van der Waals surface area contributed by atoms with Crippen molar-refractivity contribution in [3.8, 4) is 0 Å². The van der Waals surface area contributed by atoms with Crippen molar-refractivity contribution in [2.45, 2.75) is 33.7 Å². The Morgan fingerprint density at radius 1 is 1.41 bits per heavy atom. The van der Waals surface area contributed by atoms with Crippen LogP contribution in [0, 0.1) is 0 Å². The van der Waals surface area contributed by atoms with E-state index < -0.39 is 5.97 Å². The van der Waals surface area contributed by atoms with E-state index >= 15 is 0 Å². The molecule has 0 fully saturated rings. The summed E-state index contributed by atoms with van der Waals surface area (Å²) in [6.07, 6.45) is 2.51. The molecule has 0 aliphatic rings. The van der Waals surface area contributed by atoms with Gasteiger partial charge in [0.15, 0.2) is 0 Å². The third-order valence-corrected chi connectivity index (χ3v) is 2.40. The first-order valence-corrected chi connectivity index (χ1v) is 5.86. The lowest BCUT2D eigenvalue weighted by atomic mass is 10.1.